The number of fused-ring (bicyclic) bond motifs is 2. The van der Waals surface area contributed by atoms with E-state index in [0.29, 0.717) is 42.4 Å². The zero-order valence-corrected chi connectivity index (χ0v) is 40.3. The lowest BCUT2D eigenvalue weighted by atomic mass is 9.55. The summed E-state index contributed by atoms with van der Waals surface area (Å²) in [6.45, 7) is 10.6. The van der Waals surface area contributed by atoms with Crippen LogP contribution in [0, 0.1) is 29.5 Å². The minimum absolute atomic E-state index is 0.0125. The van der Waals surface area contributed by atoms with Crippen molar-refractivity contribution in [1.29, 1.82) is 0 Å². The molecule has 4 aliphatic rings. The fourth-order valence-electron chi connectivity index (χ4n) is 11.3. The van der Waals surface area contributed by atoms with Gasteiger partial charge in [-0.3, -0.25) is 4.79 Å². The Kier molecular flexibility index (Phi) is 16.2. The van der Waals surface area contributed by atoms with Crippen LogP contribution in [0.15, 0.2) is 127 Å². The number of rotatable bonds is 21. The molecule has 0 spiro atoms. The molecule has 2 N–H and O–H groups in total. The van der Waals surface area contributed by atoms with E-state index in [-0.39, 0.29) is 62.3 Å². The average Bonchev–Trinajstić information content (AvgIpc) is 3.87. The summed E-state index contributed by atoms with van der Waals surface area (Å²) < 4.78 is 35.9. The van der Waals surface area contributed by atoms with Crippen LogP contribution in [0.2, 0.25) is 0 Å². The third-order valence-electron chi connectivity index (χ3n) is 14.5. The van der Waals surface area contributed by atoms with Gasteiger partial charge in [0.25, 0.3) is 0 Å². The summed E-state index contributed by atoms with van der Waals surface area (Å²) in [7, 11) is 0. The molecule has 6 unspecified atom stereocenters. The van der Waals surface area contributed by atoms with Crippen LogP contribution < -0.4 is 9.47 Å². The van der Waals surface area contributed by atoms with E-state index in [1.165, 1.54) is 25.0 Å². The Morgan fingerprint density at radius 3 is 2.26 bits per heavy atom. The van der Waals surface area contributed by atoms with Crippen molar-refractivity contribution in [3.05, 3.63) is 138 Å². The lowest BCUT2D eigenvalue weighted by Gasteiger charge is -2.60. The number of amides is 1. The highest BCUT2D eigenvalue weighted by molar-refractivity contribution is 6.03. The maximum Gasteiger partial charge on any atom is 0.239 e. The van der Waals surface area contributed by atoms with Crippen molar-refractivity contribution < 1.29 is 38.4 Å². The molecule has 362 valence electrons. The molecule has 3 aliphatic carbocycles. The molecule has 6 atom stereocenters. The molecule has 4 aromatic rings. The predicted octanol–water partition coefficient (Wildman–Crippen LogP) is 12.7. The first-order valence-corrected chi connectivity index (χ1v) is 25.1. The van der Waals surface area contributed by atoms with E-state index in [1.54, 1.807) is 18.2 Å². The maximum absolute atomic E-state index is 15.2. The molecule has 4 aromatic carbocycles. The van der Waals surface area contributed by atoms with Crippen molar-refractivity contribution in [1.82, 2.24) is 4.90 Å². The number of ether oxygens (including phenoxy) is 3. The number of allylic oxidation sites excluding steroid dienone is 1. The number of hydrogen-bond donors (Lipinski definition) is 2. The number of benzene rings is 4. The Balaban J connectivity index is 1.30. The summed E-state index contributed by atoms with van der Waals surface area (Å²) in [5, 5.41) is 25.1. The Hall–Kier alpha value is -5.29. The minimum Gasteiger partial charge on any atom is -0.459 e. The number of aliphatic hydroxyl groups excluding tert-OH is 2. The molecule has 2 fully saturated rings. The van der Waals surface area contributed by atoms with E-state index in [2.05, 4.69) is 43.0 Å². The van der Waals surface area contributed by atoms with Crippen molar-refractivity contribution in [2.45, 2.75) is 134 Å². The molecule has 9 nitrogen and oxygen atoms in total. The Morgan fingerprint density at radius 1 is 0.882 bits per heavy atom. The van der Waals surface area contributed by atoms with Crippen molar-refractivity contribution >= 4 is 11.6 Å². The van der Waals surface area contributed by atoms with E-state index in [4.69, 9.17) is 24.2 Å². The molecule has 0 bridgehead atoms. The van der Waals surface area contributed by atoms with Gasteiger partial charge in [0, 0.05) is 44.1 Å². The van der Waals surface area contributed by atoms with Gasteiger partial charge in [-0.15, -0.1) is 6.58 Å². The number of aliphatic hydroxyl groups is 2. The number of halogens is 1. The molecule has 68 heavy (non-hydrogen) atoms. The number of carbonyl (C=O) groups excluding carboxylic acids is 1. The Labute approximate surface area is 403 Å². The van der Waals surface area contributed by atoms with Crippen molar-refractivity contribution in [3.63, 3.8) is 0 Å². The van der Waals surface area contributed by atoms with E-state index in [1.807, 2.05) is 68.1 Å². The first kappa shape index (κ1) is 49.1. The van der Waals surface area contributed by atoms with Crippen LogP contribution in [-0.2, 0) is 20.9 Å². The van der Waals surface area contributed by atoms with Crippen LogP contribution in [0.1, 0.15) is 121 Å². The number of oxime groups is 1. The second kappa shape index (κ2) is 22.4. The molecular weight excluding hydrogens is 856 g/mol. The lowest BCUT2D eigenvalue weighted by Crippen LogP contribution is -2.70. The van der Waals surface area contributed by atoms with Gasteiger partial charge in [0.1, 0.15) is 34.7 Å². The molecular formula is C58H71FN2O7. The van der Waals surface area contributed by atoms with Crippen LogP contribution in [0.3, 0.4) is 0 Å². The number of hydrogen-bond acceptors (Lipinski definition) is 8. The van der Waals surface area contributed by atoms with Gasteiger partial charge in [0.15, 0.2) is 0 Å². The van der Waals surface area contributed by atoms with E-state index >= 15 is 4.79 Å². The Morgan fingerprint density at radius 2 is 1.57 bits per heavy atom. The van der Waals surface area contributed by atoms with E-state index in [9.17, 15) is 14.6 Å². The van der Waals surface area contributed by atoms with Crippen molar-refractivity contribution in [2.24, 2.45) is 28.8 Å². The van der Waals surface area contributed by atoms with Crippen LogP contribution >= 0.6 is 0 Å². The van der Waals surface area contributed by atoms with Gasteiger partial charge < -0.3 is 34.2 Å². The molecule has 1 heterocycles. The zero-order valence-electron chi connectivity index (χ0n) is 40.3. The zero-order chi connectivity index (χ0) is 47.7. The Bertz CT molecular complexity index is 2350. The lowest BCUT2D eigenvalue weighted by molar-refractivity contribution is -0.258. The highest BCUT2D eigenvalue weighted by atomic mass is 19.1. The predicted molar refractivity (Wildman–Crippen MR) is 266 cm³/mol. The van der Waals surface area contributed by atoms with Crippen LogP contribution in [0.25, 0.3) is 11.1 Å². The fraction of sp³-hybridized carbons (Fsp3) is 0.483. The van der Waals surface area contributed by atoms with Crippen molar-refractivity contribution in [3.8, 4) is 28.4 Å². The van der Waals surface area contributed by atoms with Gasteiger partial charge in [-0.25, -0.2) is 4.39 Å². The second-order valence-electron chi connectivity index (χ2n) is 20.3. The average molecular weight is 927 g/mol. The first-order valence-electron chi connectivity index (χ1n) is 25.1. The van der Waals surface area contributed by atoms with E-state index in [0.717, 1.165) is 78.5 Å². The summed E-state index contributed by atoms with van der Waals surface area (Å²) in [4.78, 5) is 23.5. The highest BCUT2D eigenvalue weighted by Crippen LogP contribution is 2.62. The van der Waals surface area contributed by atoms with Gasteiger partial charge in [0.05, 0.1) is 18.2 Å². The monoisotopic (exact) mass is 927 g/mol. The van der Waals surface area contributed by atoms with Crippen LogP contribution in [0.5, 0.6) is 17.2 Å². The molecule has 1 amide bonds. The van der Waals surface area contributed by atoms with Crippen LogP contribution in [0.4, 0.5) is 4.39 Å². The number of carbonyl (C=O) groups is 1. The van der Waals surface area contributed by atoms with Crippen molar-refractivity contribution in [2.75, 3.05) is 19.8 Å². The third-order valence-corrected chi connectivity index (χ3v) is 14.5. The molecule has 0 saturated heterocycles. The maximum atomic E-state index is 15.2. The summed E-state index contributed by atoms with van der Waals surface area (Å²) in [5.74, 6) is 0.198. The van der Waals surface area contributed by atoms with Crippen LogP contribution in [-0.4, -0.2) is 64.0 Å². The number of unbranched alkanes of at least 4 members (excludes halogenated alkanes) is 2. The minimum atomic E-state index is -1.41. The molecule has 0 aromatic heterocycles. The van der Waals surface area contributed by atoms with Gasteiger partial charge in [-0.05, 0) is 135 Å². The third kappa shape index (κ3) is 11.4. The summed E-state index contributed by atoms with van der Waals surface area (Å²) >= 11 is 0. The first-order chi connectivity index (χ1) is 33.0. The quantitative estimate of drug-likeness (QED) is 0.0486. The van der Waals surface area contributed by atoms with Gasteiger partial charge >= 0.3 is 0 Å². The molecule has 0 radical (unpaired) electrons. The van der Waals surface area contributed by atoms with Gasteiger partial charge in [-0.1, -0.05) is 110 Å². The molecule has 10 heteroatoms. The second-order valence-corrected chi connectivity index (χ2v) is 20.3. The molecule has 8 rings (SSSR count). The topological polar surface area (TPSA) is 110 Å². The van der Waals surface area contributed by atoms with Gasteiger partial charge in [0.2, 0.25) is 11.7 Å². The smallest absolute Gasteiger partial charge is 0.239 e. The molecule has 2 saturated carbocycles. The van der Waals surface area contributed by atoms with Gasteiger partial charge in [-0.2, -0.15) is 0 Å². The fourth-order valence-corrected chi connectivity index (χ4v) is 11.3. The summed E-state index contributed by atoms with van der Waals surface area (Å²) in [6.07, 6.45) is 14.8. The standard InChI is InChI=1S/C58H71FN2O7/c1-5-35-65-58-53(61(39-41-21-26-45(59)27-22-41)54(64)32-23-40-15-9-10-16-40)38-51(60-68-57(2,3)4)49-36-44(19-11-13-33-62)48(20-12-14-34-63)55(56(49)58)50-37-47(30-31-52(50)67-58)66-46-28-24-43(25-29-46)42-17-7-6-8-18-42/h5-8,17-18,21-22,24-31,36-37,40,44,48,53,55-56,62-63H,1,9-16,19-20,23,32-35,38-39H2,2-4H3. The normalized spacial score (nSPS) is 23.8. The summed E-state index contributed by atoms with van der Waals surface area (Å²) in [6, 6.07) is 30.1. The SMILES string of the molecule is C=CCOC12Oc3ccc(Oc4ccc(-c5ccccc5)cc4)cc3C3C(CCCCO)C(CCCCO)C=C(C(=NOC(C)(C)C)CC1N(Cc1ccc(F)cc1)C(=O)CCC1CCCC1)C32. The summed E-state index contributed by atoms with van der Waals surface area (Å²) in [5.41, 5.74) is 5.10. The number of nitrogens with zero attached hydrogens (tertiary/aromatic N) is 2. The van der Waals surface area contributed by atoms with E-state index < -0.39 is 23.3 Å². The highest BCUT2D eigenvalue weighted by Gasteiger charge is 2.65. The largest absolute Gasteiger partial charge is 0.459 e. The molecule has 1 aliphatic heterocycles.